The van der Waals surface area contributed by atoms with Crippen molar-refractivity contribution in [1.82, 2.24) is 14.9 Å². The van der Waals surface area contributed by atoms with Crippen molar-refractivity contribution in [3.63, 3.8) is 0 Å². The Morgan fingerprint density at radius 3 is 2.67 bits per heavy atom. The number of esters is 1. The molecule has 1 aromatic carbocycles. The molecule has 0 unspecified atom stereocenters. The van der Waals surface area contributed by atoms with Gasteiger partial charge in [0.2, 0.25) is 11.2 Å². The Labute approximate surface area is 181 Å². The average molecular weight is 435 g/mol. The van der Waals surface area contributed by atoms with E-state index in [1.54, 1.807) is 18.2 Å². The van der Waals surface area contributed by atoms with Gasteiger partial charge in [-0.25, -0.2) is 4.98 Å². The second-order valence-electron chi connectivity index (χ2n) is 7.65. The molecule has 0 bridgehead atoms. The quantitative estimate of drug-likeness (QED) is 0.503. The van der Waals surface area contributed by atoms with Crippen molar-refractivity contribution in [1.29, 1.82) is 0 Å². The number of anilines is 1. The lowest BCUT2D eigenvalue weighted by Crippen LogP contribution is -2.38. The maximum absolute atomic E-state index is 11.1. The number of rotatable bonds is 7. The van der Waals surface area contributed by atoms with Gasteiger partial charge in [-0.2, -0.15) is 4.98 Å². The maximum Gasteiger partial charge on any atom is 0.309 e. The van der Waals surface area contributed by atoms with Crippen LogP contribution in [0, 0.1) is 0 Å². The third kappa shape index (κ3) is 6.74. The van der Waals surface area contributed by atoms with Gasteiger partial charge < -0.3 is 19.9 Å². The number of carbonyl (C=O) groups is 1. The number of aromatic nitrogens is 2. The molecule has 0 saturated carbocycles. The molecule has 8 nitrogen and oxygen atoms in total. The van der Waals surface area contributed by atoms with Crippen LogP contribution < -0.4 is 14.8 Å². The summed E-state index contributed by atoms with van der Waals surface area (Å²) >= 11 is 5.93. The van der Waals surface area contributed by atoms with Gasteiger partial charge in [0.15, 0.2) is 0 Å². The fourth-order valence-electron chi connectivity index (χ4n) is 3.45. The molecule has 0 spiro atoms. The second kappa shape index (κ2) is 9.95. The van der Waals surface area contributed by atoms with Crippen molar-refractivity contribution in [2.24, 2.45) is 0 Å². The number of hydrogen-bond acceptors (Lipinski definition) is 8. The molecule has 162 valence electrons. The monoisotopic (exact) mass is 434 g/mol. The summed E-state index contributed by atoms with van der Waals surface area (Å²) in [7, 11) is 0. The number of carbonyl (C=O) groups excluding carboxylic acids is 1. The van der Waals surface area contributed by atoms with Crippen LogP contribution in [0.4, 0.5) is 5.82 Å². The van der Waals surface area contributed by atoms with E-state index in [-0.39, 0.29) is 29.1 Å². The number of nitrogens with zero attached hydrogens (tertiary/aromatic N) is 3. The number of piperidine rings is 1. The number of ether oxygens (including phenoxy) is 2. The number of nitrogens with one attached hydrogen (secondary N) is 1. The highest BCUT2D eigenvalue weighted by molar-refractivity contribution is 6.28. The minimum atomic E-state index is -0.460. The number of phenolic OH excluding ortho intramolecular Hbond substituents is 1. The molecule has 2 aromatic rings. The van der Waals surface area contributed by atoms with E-state index < -0.39 is 5.97 Å². The SMILES string of the molecule is CC(=O)Oc1cc(NC2CCN(Cc3cc(O)cc(OC(C)C)c3)CC2)nc(Cl)n1. The normalized spacial score (nSPS) is 15.2. The molecule has 1 aliphatic rings. The number of aromatic hydroxyl groups is 1. The molecule has 1 aromatic heterocycles. The van der Waals surface area contributed by atoms with Gasteiger partial charge in [0.05, 0.1) is 6.10 Å². The summed E-state index contributed by atoms with van der Waals surface area (Å²) in [6.07, 6.45) is 1.88. The van der Waals surface area contributed by atoms with E-state index >= 15 is 0 Å². The Kier molecular flexibility index (Phi) is 7.33. The van der Waals surface area contributed by atoms with Crippen LogP contribution in [0.25, 0.3) is 0 Å². The maximum atomic E-state index is 11.1. The van der Waals surface area contributed by atoms with Crippen LogP contribution in [0.3, 0.4) is 0 Å². The molecule has 2 heterocycles. The van der Waals surface area contributed by atoms with E-state index in [1.807, 2.05) is 19.9 Å². The largest absolute Gasteiger partial charge is 0.508 e. The molecule has 30 heavy (non-hydrogen) atoms. The van der Waals surface area contributed by atoms with Crippen LogP contribution in [0.5, 0.6) is 17.4 Å². The first kappa shape index (κ1) is 22.1. The van der Waals surface area contributed by atoms with E-state index in [0.717, 1.165) is 38.0 Å². The number of likely N-dealkylation sites (tertiary alicyclic amines) is 1. The lowest BCUT2D eigenvalue weighted by Gasteiger charge is -2.32. The molecule has 1 aliphatic heterocycles. The standard InChI is InChI=1S/C21H27ClN4O4/c1-13(2)29-18-9-15(8-17(28)10-18)12-26-6-4-16(5-7-26)23-19-11-20(30-14(3)27)25-21(22)24-19/h8-11,13,16,28H,4-7,12H2,1-3H3,(H,23,24,25). The first-order chi connectivity index (χ1) is 14.3. The molecule has 1 fully saturated rings. The van der Waals surface area contributed by atoms with Gasteiger partial charge in [0.25, 0.3) is 0 Å². The Morgan fingerprint density at radius 1 is 1.27 bits per heavy atom. The van der Waals surface area contributed by atoms with Crippen LogP contribution in [0.1, 0.15) is 39.2 Å². The molecule has 1 saturated heterocycles. The third-order valence-electron chi connectivity index (χ3n) is 4.59. The van der Waals surface area contributed by atoms with E-state index in [4.69, 9.17) is 21.1 Å². The zero-order valence-electron chi connectivity index (χ0n) is 17.4. The highest BCUT2D eigenvalue weighted by Gasteiger charge is 2.20. The van der Waals surface area contributed by atoms with Crippen LogP contribution in [-0.2, 0) is 11.3 Å². The van der Waals surface area contributed by atoms with Crippen molar-refractivity contribution in [2.75, 3.05) is 18.4 Å². The molecule has 9 heteroatoms. The molecule has 3 rings (SSSR count). The van der Waals surface area contributed by atoms with E-state index in [0.29, 0.717) is 11.6 Å². The Balaban J connectivity index is 1.55. The lowest BCUT2D eigenvalue weighted by atomic mass is 10.0. The van der Waals surface area contributed by atoms with Gasteiger partial charge in [-0.15, -0.1) is 0 Å². The van der Waals surface area contributed by atoms with E-state index in [1.165, 1.54) is 6.92 Å². The number of hydrogen-bond donors (Lipinski definition) is 2. The first-order valence-corrected chi connectivity index (χ1v) is 10.4. The predicted octanol–water partition coefficient (Wildman–Crippen LogP) is 3.62. The number of benzene rings is 1. The van der Waals surface area contributed by atoms with Gasteiger partial charge in [0.1, 0.15) is 17.3 Å². The highest BCUT2D eigenvalue weighted by atomic mass is 35.5. The van der Waals surface area contributed by atoms with Crippen LogP contribution in [-0.4, -0.2) is 51.2 Å². The summed E-state index contributed by atoms with van der Waals surface area (Å²) in [5, 5.41) is 13.4. The average Bonchev–Trinajstić information content (AvgIpc) is 2.61. The molecule has 0 radical (unpaired) electrons. The fraction of sp³-hybridized carbons (Fsp3) is 0.476. The van der Waals surface area contributed by atoms with E-state index in [2.05, 4.69) is 20.2 Å². The molecule has 0 aliphatic carbocycles. The molecular formula is C21H27ClN4O4. The summed E-state index contributed by atoms with van der Waals surface area (Å²) in [6, 6.07) is 7.18. The number of phenols is 1. The van der Waals surface area contributed by atoms with Gasteiger partial charge in [-0.1, -0.05) is 0 Å². The summed E-state index contributed by atoms with van der Waals surface area (Å²) in [4.78, 5) is 21.5. The van der Waals surface area contributed by atoms with E-state index in [9.17, 15) is 9.90 Å². The smallest absolute Gasteiger partial charge is 0.309 e. The van der Waals surface area contributed by atoms with Crippen LogP contribution >= 0.6 is 11.6 Å². The fourth-order valence-corrected chi connectivity index (χ4v) is 3.62. The number of halogens is 1. The molecule has 0 amide bonds. The topological polar surface area (TPSA) is 96.8 Å². The van der Waals surface area contributed by atoms with Crippen molar-refractivity contribution in [2.45, 2.75) is 52.3 Å². The van der Waals surface area contributed by atoms with Crippen molar-refractivity contribution in [3.05, 3.63) is 35.1 Å². The molecule has 0 atom stereocenters. The van der Waals surface area contributed by atoms with Gasteiger partial charge in [0, 0.05) is 44.7 Å². The predicted molar refractivity (Wildman–Crippen MR) is 114 cm³/mol. The Bertz CT molecular complexity index is 885. The van der Waals surface area contributed by atoms with Gasteiger partial charge >= 0.3 is 5.97 Å². The highest BCUT2D eigenvalue weighted by Crippen LogP contribution is 2.25. The zero-order valence-corrected chi connectivity index (χ0v) is 18.1. The lowest BCUT2D eigenvalue weighted by molar-refractivity contribution is -0.132. The minimum Gasteiger partial charge on any atom is -0.508 e. The summed E-state index contributed by atoms with van der Waals surface area (Å²) in [6.45, 7) is 7.75. The minimum absolute atomic E-state index is 0.0250. The van der Waals surface area contributed by atoms with Crippen molar-refractivity contribution in [3.8, 4) is 17.4 Å². The molecular weight excluding hydrogens is 408 g/mol. The zero-order chi connectivity index (χ0) is 21.7. The van der Waals surface area contributed by atoms with Gasteiger partial charge in [-0.05, 0) is 56.0 Å². The Morgan fingerprint density at radius 2 is 2.00 bits per heavy atom. The van der Waals surface area contributed by atoms with Crippen molar-refractivity contribution >= 4 is 23.4 Å². The van der Waals surface area contributed by atoms with Crippen LogP contribution in [0.2, 0.25) is 5.28 Å². The molecule has 2 N–H and O–H groups in total. The first-order valence-electron chi connectivity index (χ1n) is 9.98. The summed E-state index contributed by atoms with van der Waals surface area (Å²) < 4.78 is 10.7. The summed E-state index contributed by atoms with van der Waals surface area (Å²) in [5.74, 6) is 1.10. The third-order valence-corrected chi connectivity index (χ3v) is 4.76. The van der Waals surface area contributed by atoms with Gasteiger partial charge in [-0.3, -0.25) is 9.69 Å². The summed E-state index contributed by atoms with van der Waals surface area (Å²) in [5.41, 5.74) is 1.02. The van der Waals surface area contributed by atoms with Crippen LogP contribution in [0.15, 0.2) is 24.3 Å². The second-order valence-corrected chi connectivity index (χ2v) is 7.99. The van der Waals surface area contributed by atoms with Crippen molar-refractivity contribution < 1.29 is 19.4 Å². The Hall–Kier alpha value is -2.58.